The first-order valence-electron chi connectivity index (χ1n) is 11.8. The summed E-state index contributed by atoms with van der Waals surface area (Å²) in [6, 6.07) is 22.1. The lowest BCUT2D eigenvalue weighted by atomic mass is 10.1. The van der Waals surface area contributed by atoms with E-state index < -0.39 is 11.6 Å². The highest BCUT2D eigenvalue weighted by Gasteiger charge is 2.22. The van der Waals surface area contributed by atoms with Gasteiger partial charge in [0.15, 0.2) is 0 Å². The van der Waals surface area contributed by atoms with Gasteiger partial charge >= 0.3 is 5.97 Å². The molecular weight excluding hydrogens is 450 g/mol. The molecule has 5 rings (SSSR count). The molecule has 0 saturated heterocycles. The smallest absolute Gasteiger partial charge is 0.326 e. The Bertz CT molecular complexity index is 1550. The Balaban J connectivity index is 1.52. The van der Waals surface area contributed by atoms with Crippen LogP contribution in [-0.2, 0) is 16.1 Å². The maximum Gasteiger partial charge on any atom is 0.326 e. The number of benzene rings is 3. The Morgan fingerprint density at radius 3 is 2.56 bits per heavy atom. The fourth-order valence-electron chi connectivity index (χ4n) is 4.15. The standard InChI is InChI=1S/C30H27N3O3/c1-30(2,3)36-28(34)19-33-27(15-13-20-12-14-21-8-4-5-9-22(21)16-20)32-26(29(33)35)17-23-18-31-25-11-7-6-10-24(23)25/h4-18,35H,19H2,1-3H3/b15-13+,23-17+. The number of fused-ring (bicyclic) bond motifs is 2. The third-order valence-electron chi connectivity index (χ3n) is 5.75. The number of carbonyl (C=O) groups is 1. The molecule has 0 spiro atoms. The van der Waals surface area contributed by atoms with Crippen LogP contribution in [-0.4, -0.2) is 32.4 Å². The Kier molecular flexibility index (Phi) is 6.02. The van der Waals surface area contributed by atoms with E-state index in [0.29, 0.717) is 11.5 Å². The van der Waals surface area contributed by atoms with Crippen molar-refractivity contribution in [2.24, 2.45) is 4.99 Å². The van der Waals surface area contributed by atoms with Crippen LogP contribution in [0.15, 0.2) is 71.7 Å². The molecule has 3 aromatic carbocycles. The first-order valence-corrected chi connectivity index (χ1v) is 11.8. The highest BCUT2D eigenvalue weighted by atomic mass is 16.6. The third-order valence-corrected chi connectivity index (χ3v) is 5.75. The van der Waals surface area contributed by atoms with E-state index in [-0.39, 0.29) is 12.4 Å². The molecular formula is C30H27N3O3. The van der Waals surface area contributed by atoms with Crippen LogP contribution in [0.1, 0.15) is 43.4 Å². The molecule has 0 bridgehead atoms. The molecule has 0 saturated carbocycles. The molecule has 1 aliphatic rings. The molecule has 0 fully saturated rings. The zero-order valence-electron chi connectivity index (χ0n) is 20.5. The van der Waals surface area contributed by atoms with Crippen LogP contribution in [0.4, 0.5) is 5.69 Å². The fraction of sp³-hybridized carbons (Fsp3) is 0.167. The average molecular weight is 478 g/mol. The number of hydrogen-bond donors (Lipinski definition) is 1. The zero-order chi connectivity index (χ0) is 25.3. The van der Waals surface area contributed by atoms with Gasteiger partial charge in [0.1, 0.15) is 23.7 Å². The predicted octanol–water partition coefficient (Wildman–Crippen LogP) is 6.51. The van der Waals surface area contributed by atoms with Crippen molar-refractivity contribution >= 4 is 52.4 Å². The molecule has 0 unspecified atom stereocenters. The summed E-state index contributed by atoms with van der Waals surface area (Å²) in [6.45, 7) is 5.27. The van der Waals surface area contributed by atoms with Crippen LogP contribution in [0.25, 0.3) is 34.6 Å². The second kappa shape index (κ2) is 9.30. The molecule has 6 heteroatoms. The quantitative estimate of drug-likeness (QED) is 0.332. The number of rotatable bonds is 5. The molecule has 6 nitrogen and oxygen atoms in total. The van der Waals surface area contributed by atoms with Gasteiger partial charge in [-0.15, -0.1) is 0 Å². The topological polar surface area (TPSA) is 76.7 Å². The number of imidazole rings is 1. The van der Waals surface area contributed by atoms with Gasteiger partial charge in [-0.3, -0.25) is 14.4 Å². The maximum absolute atomic E-state index is 12.6. The molecule has 2 heterocycles. The van der Waals surface area contributed by atoms with Crippen molar-refractivity contribution in [1.29, 1.82) is 0 Å². The van der Waals surface area contributed by atoms with Crippen LogP contribution in [0.5, 0.6) is 5.88 Å². The first kappa shape index (κ1) is 23.3. The number of carbonyl (C=O) groups excluding carboxylic acids is 1. The van der Waals surface area contributed by atoms with E-state index in [4.69, 9.17) is 4.74 Å². The average Bonchev–Trinajstić information content (AvgIpc) is 3.38. The van der Waals surface area contributed by atoms with Gasteiger partial charge in [-0.2, -0.15) is 0 Å². The minimum Gasteiger partial charge on any atom is -0.493 e. The molecule has 180 valence electrons. The van der Waals surface area contributed by atoms with Crippen LogP contribution in [0.2, 0.25) is 0 Å². The van der Waals surface area contributed by atoms with Gasteiger partial charge in [0.2, 0.25) is 5.88 Å². The van der Waals surface area contributed by atoms with Crippen LogP contribution >= 0.6 is 0 Å². The van der Waals surface area contributed by atoms with E-state index in [9.17, 15) is 9.90 Å². The van der Waals surface area contributed by atoms with E-state index >= 15 is 0 Å². The maximum atomic E-state index is 12.6. The number of ether oxygens (including phenoxy) is 1. The number of allylic oxidation sites excluding steroid dienone is 1. The Morgan fingerprint density at radius 2 is 1.75 bits per heavy atom. The number of para-hydroxylation sites is 1. The Hall–Kier alpha value is -4.45. The summed E-state index contributed by atoms with van der Waals surface area (Å²) < 4.78 is 6.96. The summed E-state index contributed by atoms with van der Waals surface area (Å²) in [5.41, 5.74) is 3.38. The van der Waals surface area contributed by atoms with Gasteiger partial charge in [-0.1, -0.05) is 60.7 Å². The molecule has 0 amide bonds. The van der Waals surface area contributed by atoms with Crippen molar-refractivity contribution in [3.05, 3.63) is 89.4 Å². The number of aliphatic imine (C=N–C) groups is 1. The molecule has 0 radical (unpaired) electrons. The minimum absolute atomic E-state index is 0.107. The molecule has 1 N–H and O–H groups in total. The SMILES string of the molecule is CC(C)(C)OC(=O)Cn1c(/C=C/c2ccc3ccccc3c2)nc(/C=C2\C=Nc3ccccc32)c1O. The highest BCUT2D eigenvalue weighted by Crippen LogP contribution is 2.34. The normalized spacial score (nSPS) is 14.1. The lowest BCUT2D eigenvalue weighted by molar-refractivity contribution is -0.155. The lowest BCUT2D eigenvalue weighted by Gasteiger charge is -2.20. The largest absolute Gasteiger partial charge is 0.493 e. The van der Waals surface area contributed by atoms with Crippen LogP contribution in [0.3, 0.4) is 0 Å². The van der Waals surface area contributed by atoms with Crippen LogP contribution in [0, 0.1) is 0 Å². The van der Waals surface area contributed by atoms with E-state index in [1.807, 2.05) is 69.3 Å². The van der Waals surface area contributed by atoms with Crippen molar-refractivity contribution in [2.45, 2.75) is 32.9 Å². The second-order valence-electron chi connectivity index (χ2n) is 9.67. The summed E-state index contributed by atoms with van der Waals surface area (Å²) in [5, 5.41) is 13.4. The lowest BCUT2D eigenvalue weighted by Crippen LogP contribution is -2.26. The summed E-state index contributed by atoms with van der Waals surface area (Å²) >= 11 is 0. The fourth-order valence-corrected chi connectivity index (χ4v) is 4.15. The Morgan fingerprint density at radius 1 is 1.00 bits per heavy atom. The van der Waals surface area contributed by atoms with Gasteiger partial charge in [-0.25, -0.2) is 4.98 Å². The second-order valence-corrected chi connectivity index (χ2v) is 9.67. The van der Waals surface area contributed by atoms with Crippen LogP contribution < -0.4 is 0 Å². The first-order chi connectivity index (χ1) is 17.3. The summed E-state index contributed by atoms with van der Waals surface area (Å²) in [5.74, 6) is -0.117. The van der Waals surface area contributed by atoms with E-state index in [1.165, 1.54) is 4.57 Å². The van der Waals surface area contributed by atoms with E-state index in [2.05, 4.69) is 34.2 Å². The number of aromatic nitrogens is 2. The predicted molar refractivity (Wildman–Crippen MR) is 145 cm³/mol. The van der Waals surface area contributed by atoms with Crippen molar-refractivity contribution in [1.82, 2.24) is 9.55 Å². The van der Waals surface area contributed by atoms with Crippen molar-refractivity contribution in [2.75, 3.05) is 0 Å². The summed E-state index contributed by atoms with van der Waals surface area (Å²) in [7, 11) is 0. The van der Waals surface area contributed by atoms with Gasteiger partial charge < -0.3 is 9.84 Å². The van der Waals surface area contributed by atoms with E-state index in [1.54, 1.807) is 18.4 Å². The monoisotopic (exact) mass is 477 g/mol. The number of nitrogens with zero attached hydrogens (tertiary/aromatic N) is 3. The minimum atomic E-state index is -0.636. The van der Waals surface area contributed by atoms with Gasteiger partial charge in [0, 0.05) is 17.4 Å². The summed E-state index contributed by atoms with van der Waals surface area (Å²) in [6.07, 6.45) is 7.25. The molecule has 0 atom stereocenters. The van der Waals surface area contributed by atoms with Gasteiger partial charge in [0.25, 0.3) is 0 Å². The van der Waals surface area contributed by atoms with Gasteiger partial charge in [0.05, 0.1) is 5.69 Å². The summed E-state index contributed by atoms with van der Waals surface area (Å²) in [4.78, 5) is 21.7. The molecule has 0 aliphatic carbocycles. The highest BCUT2D eigenvalue weighted by molar-refractivity contribution is 6.21. The van der Waals surface area contributed by atoms with Crippen molar-refractivity contribution < 1.29 is 14.6 Å². The number of aromatic hydroxyl groups is 1. The van der Waals surface area contributed by atoms with E-state index in [0.717, 1.165) is 33.2 Å². The molecule has 1 aromatic heterocycles. The van der Waals surface area contributed by atoms with Crippen molar-refractivity contribution in [3.63, 3.8) is 0 Å². The molecule has 1 aliphatic heterocycles. The van der Waals surface area contributed by atoms with Crippen molar-refractivity contribution in [3.8, 4) is 5.88 Å². The third kappa shape index (κ3) is 4.98. The Labute approximate surface area is 209 Å². The van der Waals surface area contributed by atoms with Gasteiger partial charge in [-0.05, 0) is 61.4 Å². The number of hydrogen-bond acceptors (Lipinski definition) is 5. The molecule has 36 heavy (non-hydrogen) atoms. The number of esters is 1. The zero-order valence-corrected chi connectivity index (χ0v) is 20.5. The molecule has 4 aromatic rings.